The zero-order chi connectivity index (χ0) is 17.7. The van der Waals surface area contributed by atoms with Crippen LogP contribution in [0.2, 0.25) is 0 Å². The molecule has 1 saturated heterocycles. The van der Waals surface area contributed by atoms with Crippen molar-refractivity contribution in [1.82, 2.24) is 4.98 Å². The van der Waals surface area contributed by atoms with E-state index < -0.39 is 17.9 Å². The maximum atomic E-state index is 12.0. The van der Waals surface area contributed by atoms with E-state index >= 15 is 0 Å². The number of rotatable bonds is 5. The Balaban J connectivity index is 1.47. The number of hydrogen-bond acceptors (Lipinski definition) is 6. The molecule has 0 saturated carbocycles. The fourth-order valence-electron chi connectivity index (χ4n) is 2.58. The third-order valence-corrected chi connectivity index (χ3v) is 4.12. The summed E-state index contributed by atoms with van der Waals surface area (Å²) < 4.78 is 17.0. The number of phenols is 1. The van der Waals surface area contributed by atoms with Crippen LogP contribution < -0.4 is 0 Å². The van der Waals surface area contributed by atoms with Gasteiger partial charge in [0.25, 0.3) is 0 Å². The molecular formula is C19H21NO5. The van der Waals surface area contributed by atoms with Crippen LogP contribution in [0.25, 0.3) is 0 Å². The van der Waals surface area contributed by atoms with Crippen molar-refractivity contribution in [2.45, 2.75) is 31.7 Å². The Hall–Kier alpha value is -2.44. The zero-order valence-corrected chi connectivity index (χ0v) is 14.1. The molecule has 0 bridgehead atoms. The molecule has 1 N–H and O–H groups in total. The van der Waals surface area contributed by atoms with Crippen LogP contribution >= 0.6 is 0 Å². The molecule has 0 amide bonds. The van der Waals surface area contributed by atoms with Crippen LogP contribution in [0.15, 0.2) is 48.8 Å². The molecule has 3 rings (SSSR count). The molecule has 1 fully saturated rings. The van der Waals surface area contributed by atoms with Crippen molar-refractivity contribution in [3.05, 3.63) is 59.9 Å². The highest BCUT2D eigenvalue weighted by molar-refractivity contribution is 5.89. The van der Waals surface area contributed by atoms with Gasteiger partial charge in [0.15, 0.2) is 5.79 Å². The van der Waals surface area contributed by atoms with Crippen LogP contribution in [0.5, 0.6) is 5.75 Å². The van der Waals surface area contributed by atoms with Gasteiger partial charge in [-0.3, -0.25) is 4.98 Å². The lowest BCUT2D eigenvalue weighted by atomic mass is 10.0. The maximum Gasteiger partial charge on any atom is 0.340 e. The molecule has 0 unspecified atom stereocenters. The van der Waals surface area contributed by atoms with Crippen LogP contribution in [-0.2, 0) is 20.6 Å². The Morgan fingerprint density at radius 2 is 2.00 bits per heavy atom. The van der Waals surface area contributed by atoms with Crippen LogP contribution in [-0.4, -0.2) is 41.2 Å². The summed E-state index contributed by atoms with van der Waals surface area (Å²) in [6.45, 7) is 2.46. The summed E-state index contributed by atoms with van der Waals surface area (Å²) in [7, 11) is 0. The largest absolute Gasteiger partial charge is 0.508 e. The third-order valence-electron chi connectivity index (χ3n) is 4.12. The first-order valence-electron chi connectivity index (χ1n) is 8.21. The molecular weight excluding hydrogens is 322 g/mol. The number of aromatic nitrogens is 1. The first-order valence-corrected chi connectivity index (χ1v) is 8.21. The van der Waals surface area contributed by atoms with Gasteiger partial charge >= 0.3 is 5.97 Å². The molecule has 2 aromatic rings. The first kappa shape index (κ1) is 17.4. The highest BCUT2D eigenvalue weighted by Crippen LogP contribution is 2.26. The smallest absolute Gasteiger partial charge is 0.340 e. The van der Waals surface area contributed by atoms with E-state index in [1.807, 2.05) is 19.1 Å². The van der Waals surface area contributed by atoms with E-state index in [1.54, 1.807) is 30.5 Å². The number of hydrogen-bond donors (Lipinski definition) is 1. The summed E-state index contributed by atoms with van der Waals surface area (Å²) >= 11 is 0. The van der Waals surface area contributed by atoms with Crippen LogP contribution in [0, 0.1) is 0 Å². The van der Waals surface area contributed by atoms with Crippen LogP contribution in [0.3, 0.4) is 0 Å². The lowest BCUT2D eigenvalue weighted by Gasteiger charge is -2.37. The van der Waals surface area contributed by atoms with Gasteiger partial charge in [0.1, 0.15) is 11.9 Å². The lowest BCUT2D eigenvalue weighted by molar-refractivity contribution is -0.284. The fourth-order valence-corrected chi connectivity index (χ4v) is 2.58. The molecule has 132 valence electrons. The van der Waals surface area contributed by atoms with Gasteiger partial charge in [-0.05, 0) is 43.2 Å². The number of pyridine rings is 1. The van der Waals surface area contributed by atoms with E-state index in [0.717, 1.165) is 12.0 Å². The molecule has 1 aliphatic heterocycles. The summed E-state index contributed by atoms with van der Waals surface area (Å²) in [5, 5.41) is 9.31. The highest BCUT2D eigenvalue weighted by atomic mass is 16.7. The number of benzene rings is 1. The van der Waals surface area contributed by atoms with Gasteiger partial charge in [-0.1, -0.05) is 12.1 Å². The third kappa shape index (κ3) is 4.78. The molecule has 0 aliphatic carbocycles. The second-order valence-electron chi connectivity index (χ2n) is 6.19. The summed E-state index contributed by atoms with van der Waals surface area (Å²) in [5.41, 5.74) is 1.50. The summed E-state index contributed by atoms with van der Waals surface area (Å²) in [6, 6.07) is 10.4. The number of carbonyl (C=O) groups excluding carboxylic acids is 1. The molecule has 25 heavy (non-hydrogen) atoms. The van der Waals surface area contributed by atoms with Gasteiger partial charge in [0.2, 0.25) is 0 Å². The average Bonchev–Trinajstić information content (AvgIpc) is 2.64. The van der Waals surface area contributed by atoms with Crippen molar-refractivity contribution >= 4 is 5.97 Å². The van der Waals surface area contributed by atoms with E-state index in [0.29, 0.717) is 12.0 Å². The van der Waals surface area contributed by atoms with Crippen LogP contribution in [0.1, 0.15) is 29.3 Å². The molecule has 0 atom stereocenters. The summed E-state index contributed by atoms with van der Waals surface area (Å²) in [4.78, 5) is 15.9. The van der Waals surface area contributed by atoms with Crippen molar-refractivity contribution < 1.29 is 24.1 Å². The molecule has 2 heterocycles. The Morgan fingerprint density at radius 3 is 2.64 bits per heavy atom. The van der Waals surface area contributed by atoms with Gasteiger partial charge < -0.3 is 19.3 Å². The van der Waals surface area contributed by atoms with E-state index in [4.69, 9.17) is 14.2 Å². The van der Waals surface area contributed by atoms with Crippen molar-refractivity contribution in [2.24, 2.45) is 0 Å². The van der Waals surface area contributed by atoms with Gasteiger partial charge in [0.05, 0.1) is 18.8 Å². The lowest BCUT2D eigenvalue weighted by Crippen LogP contribution is -2.46. The van der Waals surface area contributed by atoms with Crippen molar-refractivity contribution in [1.29, 1.82) is 0 Å². The summed E-state index contributed by atoms with van der Waals surface area (Å²) in [6.07, 6.45) is 4.06. The highest BCUT2D eigenvalue weighted by Gasteiger charge is 2.34. The number of phenolic OH excluding ortho intramolecular Hbond substituents is 1. The van der Waals surface area contributed by atoms with Crippen molar-refractivity contribution in [2.75, 3.05) is 13.2 Å². The van der Waals surface area contributed by atoms with Crippen molar-refractivity contribution in [3.63, 3.8) is 0 Å². The normalized spacial score (nSPS) is 23.2. The van der Waals surface area contributed by atoms with Gasteiger partial charge in [-0.15, -0.1) is 0 Å². The zero-order valence-electron chi connectivity index (χ0n) is 14.1. The van der Waals surface area contributed by atoms with Crippen LogP contribution in [0.4, 0.5) is 0 Å². The Labute approximate surface area is 146 Å². The number of aromatic hydroxyl groups is 1. The minimum absolute atomic E-state index is 0.249. The standard InChI is InChI=1S/C19H21NO5/c1-19(9-8-14-4-6-16(21)7-5-14)23-12-17(13-24-19)25-18(22)15-3-2-10-20-11-15/h2-7,10-11,17,21H,8-9,12-13H2,1H3. The average molecular weight is 343 g/mol. The fraction of sp³-hybridized carbons (Fsp3) is 0.368. The number of esters is 1. The predicted molar refractivity (Wildman–Crippen MR) is 90.2 cm³/mol. The van der Waals surface area contributed by atoms with Gasteiger partial charge in [0, 0.05) is 18.8 Å². The Kier molecular flexibility index (Phi) is 5.31. The molecule has 6 heteroatoms. The minimum atomic E-state index is -0.713. The summed E-state index contributed by atoms with van der Waals surface area (Å²) in [5.74, 6) is -0.897. The quantitative estimate of drug-likeness (QED) is 0.841. The predicted octanol–water partition coefficient (Wildman–Crippen LogP) is 2.71. The number of nitrogens with zero attached hydrogens (tertiary/aromatic N) is 1. The van der Waals surface area contributed by atoms with Gasteiger partial charge in [-0.2, -0.15) is 0 Å². The molecule has 0 spiro atoms. The second kappa shape index (κ2) is 7.63. The van der Waals surface area contributed by atoms with Crippen molar-refractivity contribution in [3.8, 4) is 5.75 Å². The second-order valence-corrected chi connectivity index (χ2v) is 6.19. The Bertz CT molecular complexity index is 694. The molecule has 6 nitrogen and oxygen atoms in total. The van der Waals surface area contributed by atoms with E-state index in [1.165, 1.54) is 6.20 Å². The van der Waals surface area contributed by atoms with E-state index in [-0.39, 0.29) is 19.0 Å². The SMILES string of the molecule is CC1(CCc2ccc(O)cc2)OCC(OC(=O)c2cccnc2)CO1. The number of carbonyl (C=O) groups is 1. The molecule has 1 aliphatic rings. The first-order chi connectivity index (χ1) is 12.0. The molecule has 1 aromatic heterocycles. The van der Waals surface area contributed by atoms with E-state index in [9.17, 15) is 9.90 Å². The number of ether oxygens (including phenoxy) is 3. The van der Waals surface area contributed by atoms with E-state index in [2.05, 4.69) is 4.98 Å². The van der Waals surface area contributed by atoms with Gasteiger partial charge in [-0.25, -0.2) is 4.79 Å². The topological polar surface area (TPSA) is 77.9 Å². The monoisotopic (exact) mass is 343 g/mol. The number of aryl methyl sites for hydroxylation is 1. The molecule has 0 radical (unpaired) electrons. The minimum Gasteiger partial charge on any atom is -0.508 e. The maximum absolute atomic E-state index is 12.0. The Morgan fingerprint density at radius 1 is 1.28 bits per heavy atom. The molecule has 1 aromatic carbocycles.